The highest BCUT2D eigenvalue weighted by atomic mass is 16.5. The monoisotopic (exact) mass is 229 g/mol. The summed E-state index contributed by atoms with van der Waals surface area (Å²) in [6.07, 6.45) is 0.244. The van der Waals surface area contributed by atoms with Crippen molar-refractivity contribution in [3.8, 4) is 0 Å². The molecule has 0 spiro atoms. The summed E-state index contributed by atoms with van der Waals surface area (Å²) in [4.78, 5) is 24.2. The van der Waals surface area contributed by atoms with Crippen molar-refractivity contribution >= 4 is 12.4 Å². The third-order valence-electron chi connectivity index (χ3n) is 2.82. The summed E-state index contributed by atoms with van der Waals surface area (Å²) in [5, 5.41) is 0. The zero-order valence-electron chi connectivity index (χ0n) is 10.4. The maximum Gasteiger partial charge on any atom is 0.334 e. The van der Waals surface area contributed by atoms with Crippen molar-refractivity contribution in [1.82, 2.24) is 4.90 Å². The van der Waals surface area contributed by atoms with Crippen molar-refractivity contribution in [1.29, 1.82) is 0 Å². The van der Waals surface area contributed by atoms with Crippen molar-refractivity contribution < 1.29 is 19.1 Å². The Morgan fingerprint density at radius 1 is 1.56 bits per heavy atom. The largest absolute Gasteiger partial charge is 0.467 e. The lowest BCUT2D eigenvalue weighted by molar-refractivity contribution is -0.157. The molecular weight excluding hydrogens is 210 g/mol. The molecule has 0 unspecified atom stereocenters. The van der Waals surface area contributed by atoms with Gasteiger partial charge >= 0.3 is 5.97 Å². The van der Waals surface area contributed by atoms with E-state index in [2.05, 4.69) is 0 Å². The predicted octanol–water partition coefficient (Wildman–Crippen LogP) is 0.779. The minimum atomic E-state index is -1.02. The minimum Gasteiger partial charge on any atom is -0.467 e. The van der Waals surface area contributed by atoms with E-state index < -0.39 is 17.7 Å². The van der Waals surface area contributed by atoms with Crippen molar-refractivity contribution in [2.24, 2.45) is 5.41 Å². The Morgan fingerprint density at radius 3 is 2.50 bits per heavy atom. The standard InChI is InChI=1S/C11H19NO4/c1-10(2,3)8-12(7-13)11(4,6-16-8)9(14)15-5/h7-8H,6H2,1-5H3/t8-,11-/m1/s1. The van der Waals surface area contributed by atoms with Crippen LogP contribution < -0.4 is 0 Å². The molecule has 1 fully saturated rings. The van der Waals surface area contributed by atoms with Crippen molar-refractivity contribution in [2.75, 3.05) is 13.7 Å². The van der Waals surface area contributed by atoms with E-state index >= 15 is 0 Å². The Kier molecular flexibility index (Phi) is 3.28. The number of ether oxygens (including phenoxy) is 2. The summed E-state index contributed by atoms with van der Waals surface area (Å²) in [7, 11) is 1.31. The van der Waals surface area contributed by atoms with Crippen LogP contribution in [0, 0.1) is 5.41 Å². The van der Waals surface area contributed by atoms with Crippen LogP contribution in [0.5, 0.6) is 0 Å². The van der Waals surface area contributed by atoms with Gasteiger partial charge in [0.25, 0.3) is 0 Å². The van der Waals surface area contributed by atoms with Crippen molar-refractivity contribution in [3.63, 3.8) is 0 Å². The van der Waals surface area contributed by atoms with Gasteiger partial charge in [-0.05, 0) is 6.92 Å². The molecule has 0 N–H and O–H groups in total. The van der Waals surface area contributed by atoms with E-state index in [1.165, 1.54) is 12.0 Å². The van der Waals surface area contributed by atoms with Gasteiger partial charge < -0.3 is 14.4 Å². The fourth-order valence-electron chi connectivity index (χ4n) is 1.88. The number of esters is 1. The molecule has 1 rings (SSSR count). The second-order valence-corrected chi connectivity index (χ2v) is 5.31. The lowest BCUT2D eigenvalue weighted by Gasteiger charge is -2.36. The van der Waals surface area contributed by atoms with Gasteiger partial charge in [-0.2, -0.15) is 0 Å². The van der Waals surface area contributed by atoms with E-state index in [-0.39, 0.29) is 12.0 Å². The molecule has 1 amide bonds. The molecule has 0 aromatic carbocycles. The van der Waals surface area contributed by atoms with Crippen LogP contribution in [0.1, 0.15) is 27.7 Å². The lowest BCUT2D eigenvalue weighted by Crippen LogP contribution is -2.54. The molecule has 5 heteroatoms. The van der Waals surface area contributed by atoms with Crippen LogP contribution in [0.2, 0.25) is 0 Å². The fourth-order valence-corrected chi connectivity index (χ4v) is 1.88. The van der Waals surface area contributed by atoms with Crippen LogP contribution >= 0.6 is 0 Å². The third kappa shape index (κ3) is 1.91. The topological polar surface area (TPSA) is 55.8 Å². The van der Waals surface area contributed by atoms with E-state index in [4.69, 9.17) is 9.47 Å². The highest BCUT2D eigenvalue weighted by Gasteiger charge is 2.53. The quantitative estimate of drug-likeness (QED) is 0.518. The number of rotatable bonds is 2. The fraction of sp³-hybridized carbons (Fsp3) is 0.818. The minimum absolute atomic E-state index is 0.167. The number of carbonyl (C=O) groups excluding carboxylic acids is 2. The average Bonchev–Trinajstić information content (AvgIpc) is 2.54. The van der Waals surface area contributed by atoms with Gasteiger partial charge in [0, 0.05) is 5.41 Å². The molecule has 2 atom stereocenters. The molecule has 1 saturated heterocycles. The first-order valence-corrected chi connectivity index (χ1v) is 5.21. The van der Waals surface area contributed by atoms with Gasteiger partial charge in [0.2, 0.25) is 6.41 Å². The molecule has 0 saturated carbocycles. The van der Waals surface area contributed by atoms with Gasteiger partial charge in [0.05, 0.1) is 13.7 Å². The second kappa shape index (κ2) is 4.05. The zero-order chi connectivity index (χ0) is 12.6. The number of methoxy groups -OCH3 is 1. The van der Waals surface area contributed by atoms with E-state index in [9.17, 15) is 9.59 Å². The van der Waals surface area contributed by atoms with Crippen molar-refractivity contribution in [2.45, 2.75) is 39.5 Å². The first-order valence-electron chi connectivity index (χ1n) is 5.21. The van der Waals surface area contributed by atoms with Crippen LogP contribution in [-0.4, -0.2) is 42.8 Å². The molecule has 0 bridgehead atoms. The molecule has 0 aromatic heterocycles. The molecule has 1 aliphatic heterocycles. The maximum absolute atomic E-state index is 11.7. The van der Waals surface area contributed by atoms with Crippen LogP contribution in [0.25, 0.3) is 0 Å². The SMILES string of the molecule is COC(=O)[C@@]1(C)CO[C@H](C(C)(C)C)N1C=O. The van der Waals surface area contributed by atoms with Crippen LogP contribution in [0.15, 0.2) is 0 Å². The summed E-state index contributed by atoms with van der Waals surface area (Å²) in [6.45, 7) is 7.69. The summed E-state index contributed by atoms with van der Waals surface area (Å²) < 4.78 is 10.3. The normalized spacial score (nSPS) is 30.3. The Hall–Kier alpha value is -1.10. The predicted molar refractivity (Wildman–Crippen MR) is 57.5 cm³/mol. The first-order chi connectivity index (χ1) is 7.27. The Labute approximate surface area is 95.7 Å². The van der Waals surface area contributed by atoms with Gasteiger partial charge in [-0.15, -0.1) is 0 Å². The Balaban J connectivity index is 3.02. The summed E-state index contributed by atoms with van der Waals surface area (Å²) >= 11 is 0. The summed E-state index contributed by atoms with van der Waals surface area (Å²) in [6, 6.07) is 0. The second-order valence-electron chi connectivity index (χ2n) is 5.31. The van der Waals surface area contributed by atoms with E-state index in [1.54, 1.807) is 6.92 Å². The Morgan fingerprint density at radius 2 is 2.12 bits per heavy atom. The number of nitrogens with zero attached hydrogens (tertiary/aromatic N) is 1. The number of carbonyl (C=O) groups is 2. The molecule has 0 aromatic rings. The molecule has 0 radical (unpaired) electrons. The molecule has 16 heavy (non-hydrogen) atoms. The average molecular weight is 229 g/mol. The molecule has 5 nitrogen and oxygen atoms in total. The highest BCUT2D eigenvalue weighted by Crippen LogP contribution is 2.36. The van der Waals surface area contributed by atoms with Crippen LogP contribution in [0.4, 0.5) is 0 Å². The first kappa shape index (κ1) is 13.0. The molecule has 0 aliphatic carbocycles. The summed E-state index contributed by atoms with van der Waals surface area (Å²) in [5.41, 5.74) is -1.26. The lowest BCUT2D eigenvalue weighted by atomic mass is 9.92. The maximum atomic E-state index is 11.7. The van der Waals surface area contributed by atoms with E-state index in [0.29, 0.717) is 6.41 Å². The highest BCUT2D eigenvalue weighted by molar-refractivity contribution is 5.83. The summed E-state index contributed by atoms with van der Waals surface area (Å²) in [5.74, 6) is -0.452. The number of amides is 1. The third-order valence-corrected chi connectivity index (χ3v) is 2.82. The van der Waals surface area contributed by atoms with E-state index in [0.717, 1.165) is 0 Å². The van der Waals surface area contributed by atoms with E-state index in [1.807, 2.05) is 20.8 Å². The van der Waals surface area contributed by atoms with Gasteiger partial charge in [-0.3, -0.25) is 4.79 Å². The van der Waals surface area contributed by atoms with Gasteiger partial charge in [-0.25, -0.2) is 4.79 Å². The molecular formula is C11H19NO4. The number of hydrogen-bond acceptors (Lipinski definition) is 4. The smallest absolute Gasteiger partial charge is 0.334 e. The molecule has 1 heterocycles. The molecule has 92 valence electrons. The zero-order valence-corrected chi connectivity index (χ0v) is 10.4. The van der Waals surface area contributed by atoms with Gasteiger partial charge in [0.1, 0.15) is 6.23 Å². The van der Waals surface area contributed by atoms with Crippen molar-refractivity contribution in [3.05, 3.63) is 0 Å². The molecule has 1 aliphatic rings. The van der Waals surface area contributed by atoms with Gasteiger partial charge in [0.15, 0.2) is 5.54 Å². The Bertz CT molecular complexity index is 297. The van der Waals surface area contributed by atoms with Gasteiger partial charge in [-0.1, -0.05) is 20.8 Å². The van der Waals surface area contributed by atoms with Crippen LogP contribution in [0.3, 0.4) is 0 Å². The number of hydrogen-bond donors (Lipinski definition) is 0. The van der Waals surface area contributed by atoms with Crippen LogP contribution in [-0.2, 0) is 19.1 Å².